The van der Waals surface area contributed by atoms with E-state index in [0.717, 1.165) is 6.07 Å². The van der Waals surface area contributed by atoms with Crippen molar-refractivity contribution in [3.8, 4) is 0 Å². The monoisotopic (exact) mass is 412 g/mol. The van der Waals surface area contributed by atoms with Crippen LogP contribution in [-0.4, -0.2) is 45.4 Å². The Bertz CT molecular complexity index is 1010. The number of hydrogen-bond donors (Lipinski definition) is 1. The van der Waals surface area contributed by atoms with Crippen LogP contribution in [0.5, 0.6) is 0 Å². The number of amides is 1. The molecule has 1 atom stereocenters. The molecule has 0 saturated carbocycles. The summed E-state index contributed by atoms with van der Waals surface area (Å²) in [5.41, 5.74) is -0.401. The summed E-state index contributed by atoms with van der Waals surface area (Å²) in [4.78, 5) is 24.5. The van der Waals surface area contributed by atoms with E-state index in [9.17, 15) is 26.8 Å². The van der Waals surface area contributed by atoms with Gasteiger partial charge in [0.2, 0.25) is 0 Å². The number of esters is 1. The first-order chi connectivity index (χ1) is 13.0. The number of sulfonamides is 1. The molecule has 7 nitrogen and oxygen atoms in total. The molecule has 2 aromatic rings. The van der Waals surface area contributed by atoms with E-state index in [1.165, 1.54) is 50.2 Å². The van der Waals surface area contributed by atoms with Gasteiger partial charge in [0, 0.05) is 14.1 Å². The first kappa shape index (κ1) is 21.3. The zero-order valence-corrected chi connectivity index (χ0v) is 16.1. The fourth-order valence-electron chi connectivity index (χ4n) is 2.27. The van der Waals surface area contributed by atoms with Gasteiger partial charge in [0.05, 0.1) is 11.3 Å². The van der Waals surface area contributed by atoms with E-state index >= 15 is 0 Å². The van der Waals surface area contributed by atoms with E-state index in [4.69, 9.17) is 4.74 Å². The van der Waals surface area contributed by atoms with Gasteiger partial charge in [-0.3, -0.25) is 9.52 Å². The molecule has 150 valence electrons. The number of rotatable bonds is 6. The molecule has 2 aromatic carbocycles. The zero-order chi connectivity index (χ0) is 21.1. The third-order valence-electron chi connectivity index (χ3n) is 3.65. The van der Waals surface area contributed by atoms with Gasteiger partial charge in [-0.25, -0.2) is 22.0 Å². The molecule has 0 aromatic heterocycles. The van der Waals surface area contributed by atoms with Crippen molar-refractivity contribution in [1.82, 2.24) is 4.90 Å². The number of carbonyl (C=O) groups is 2. The molecule has 1 N–H and O–H groups in total. The van der Waals surface area contributed by atoms with Crippen molar-refractivity contribution >= 4 is 27.6 Å². The lowest BCUT2D eigenvalue weighted by Gasteiger charge is -2.18. The van der Waals surface area contributed by atoms with Crippen LogP contribution in [0.15, 0.2) is 47.4 Å². The summed E-state index contributed by atoms with van der Waals surface area (Å²) < 4.78 is 59.2. The highest BCUT2D eigenvalue weighted by Crippen LogP contribution is 2.23. The molecule has 0 radical (unpaired) electrons. The second-order valence-electron chi connectivity index (χ2n) is 6.01. The number of para-hydroxylation sites is 1. The lowest BCUT2D eigenvalue weighted by Crippen LogP contribution is -2.35. The zero-order valence-electron chi connectivity index (χ0n) is 15.3. The normalized spacial score (nSPS) is 12.2. The van der Waals surface area contributed by atoms with Crippen LogP contribution in [0.1, 0.15) is 17.3 Å². The summed E-state index contributed by atoms with van der Waals surface area (Å²) in [6.45, 7) is 1.37. The van der Waals surface area contributed by atoms with Gasteiger partial charge in [0.15, 0.2) is 6.10 Å². The maximum absolute atomic E-state index is 13.8. The molecule has 0 saturated heterocycles. The number of carbonyl (C=O) groups excluding carboxylic acids is 2. The third-order valence-corrected chi connectivity index (χ3v) is 5.03. The van der Waals surface area contributed by atoms with Crippen LogP contribution >= 0.6 is 0 Å². The van der Waals surface area contributed by atoms with E-state index < -0.39 is 44.5 Å². The Morgan fingerprint density at radius 1 is 1.11 bits per heavy atom. The van der Waals surface area contributed by atoms with E-state index in [2.05, 4.69) is 0 Å². The summed E-state index contributed by atoms with van der Waals surface area (Å²) in [6, 6.07) is 7.40. The average Bonchev–Trinajstić information content (AvgIpc) is 2.62. The predicted octanol–water partition coefficient (Wildman–Crippen LogP) is 2.40. The largest absolute Gasteiger partial charge is 0.449 e. The minimum Gasteiger partial charge on any atom is -0.449 e. The standard InChI is InChI=1S/C18H18F2N2O5S/c1-11(17(23)22(2)3)27-18(24)13-6-4-5-7-15(13)21-28(25,26)16-10-12(19)8-9-14(16)20/h4-11,21H,1-3H3/t11-/m0/s1. The third kappa shape index (κ3) is 4.83. The van der Waals surface area contributed by atoms with Crippen molar-refractivity contribution in [1.29, 1.82) is 0 Å². The van der Waals surface area contributed by atoms with Gasteiger partial charge >= 0.3 is 5.97 Å². The average molecular weight is 412 g/mol. The van der Waals surface area contributed by atoms with Crippen molar-refractivity contribution < 1.29 is 31.5 Å². The molecule has 0 aliphatic carbocycles. The van der Waals surface area contributed by atoms with E-state index in [1.54, 1.807) is 0 Å². The Balaban J connectivity index is 2.32. The van der Waals surface area contributed by atoms with Crippen LogP contribution in [0.3, 0.4) is 0 Å². The molecule has 0 spiro atoms. The summed E-state index contributed by atoms with van der Waals surface area (Å²) in [7, 11) is -1.55. The Hall–Kier alpha value is -3.01. The van der Waals surface area contributed by atoms with Gasteiger partial charge in [0.1, 0.15) is 16.5 Å². The molecule has 0 bridgehead atoms. The van der Waals surface area contributed by atoms with E-state index in [0.29, 0.717) is 12.1 Å². The van der Waals surface area contributed by atoms with Gasteiger partial charge < -0.3 is 9.64 Å². The molecule has 0 unspecified atom stereocenters. The van der Waals surface area contributed by atoms with Crippen molar-refractivity contribution in [2.24, 2.45) is 0 Å². The topological polar surface area (TPSA) is 92.8 Å². The van der Waals surface area contributed by atoms with Crippen LogP contribution in [0.25, 0.3) is 0 Å². The van der Waals surface area contributed by atoms with Crippen LogP contribution < -0.4 is 4.72 Å². The Labute approximate surface area is 161 Å². The molecule has 0 aliphatic heterocycles. The Morgan fingerprint density at radius 3 is 2.39 bits per heavy atom. The van der Waals surface area contributed by atoms with Crippen LogP contribution in [0, 0.1) is 11.6 Å². The summed E-state index contributed by atoms with van der Waals surface area (Å²) in [5, 5.41) is 0. The summed E-state index contributed by atoms with van der Waals surface area (Å²) in [5.74, 6) is -3.52. The number of benzene rings is 2. The first-order valence-corrected chi connectivity index (χ1v) is 9.50. The molecule has 10 heteroatoms. The van der Waals surface area contributed by atoms with Crippen molar-refractivity contribution in [2.45, 2.75) is 17.9 Å². The van der Waals surface area contributed by atoms with Crippen LogP contribution in [-0.2, 0) is 19.6 Å². The number of hydrogen-bond acceptors (Lipinski definition) is 5. The molecule has 1 amide bonds. The number of nitrogens with one attached hydrogen (secondary N) is 1. The number of anilines is 1. The first-order valence-electron chi connectivity index (χ1n) is 8.02. The van der Waals surface area contributed by atoms with E-state index in [1.807, 2.05) is 4.72 Å². The lowest BCUT2D eigenvalue weighted by molar-refractivity contribution is -0.137. The highest BCUT2D eigenvalue weighted by atomic mass is 32.2. The number of nitrogens with zero attached hydrogens (tertiary/aromatic N) is 1. The highest BCUT2D eigenvalue weighted by Gasteiger charge is 2.25. The van der Waals surface area contributed by atoms with Crippen molar-refractivity contribution in [2.75, 3.05) is 18.8 Å². The molecule has 0 fully saturated rings. The fourth-order valence-corrected chi connectivity index (χ4v) is 3.44. The molecule has 28 heavy (non-hydrogen) atoms. The van der Waals surface area contributed by atoms with Gasteiger partial charge in [-0.15, -0.1) is 0 Å². The minimum absolute atomic E-state index is 0.193. The maximum Gasteiger partial charge on any atom is 0.341 e. The Morgan fingerprint density at radius 2 is 1.75 bits per heavy atom. The quantitative estimate of drug-likeness (QED) is 0.736. The second-order valence-corrected chi connectivity index (χ2v) is 7.66. The lowest BCUT2D eigenvalue weighted by atomic mass is 10.2. The van der Waals surface area contributed by atoms with Crippen molar-refractivity contribution in [3.05, 3.63) is 59.7 Å². The van der Waals surface area contributed by atoms with Crippen LogP contribution in [0.2, 0.25) is 0 Å². The van der Waals surface area contributed by atoms with E-state index in [-0.39, 0.29) is 11.3 Å². The molecule has 0 aliphatic rings. The molecule has 2 rings (SSSR count). The number of likely N-dealkylation sites (N-methyl/N-ethyl adjacent to an activating group) is 1. The second kappa shape index (κ2) is 8.34. The van der Waals surface area contributed by atoms with Gasteiger partial charge in [0.25, 0.3) is 15.9 Å². The SMILES string of the molecule is C[C@H](OC(=O)c1ccccc1NS(=O)(=O)c1cc(F)ccc1F)C(=O)N(C)C. The summed E-state index contributed by atoms with van der Waals surface area (Å²) in [6.07, 6.45) is -1.10. The van der Waals surface area contributed by atoms with Gasteiger partial charge in [-0.2, -0.15) is 0 Å². The summed E-state index contributed by atoms with van der Waals surface area (Å²) >= 11 is 0. The number of halogens is 2. The minimum atomic E-state index is -4.53. The van der Waals surface area contributed by atoms with Gasteiger partial charge in [-0.1, -0.05) is 12.1 Å². The highest BCUT2D eigenvalue weighted by molar-refractivity contribution is 7.92. The predicted molar refractivity (Wildman–Crippen MR) is 97.2 cm³/mol. The molecule has 0 heterocycles. The number of ether oxygens (including phenoxy) is 1. The maximum atomic E-state index is 13.8. The smallest absolute Gasteiger partial charge is 0.341 e. The Kier molecular flexibility index (Phi) is 6.34. The molecular weight excluding hydrogens is 394 g/mol. The molecular formula is C18H18F2N2O5S. The van der Waals surface area contributed by atoms with Gasteiger partial charge in [-0.05, 0) is 37.3 Å². The van der Waals surface area contributed by atoms with Crippen molar-refractivity contribution in [3.63, 3.8) is 0 Å². The fraction of sp³-hybridized carbons (Fsp3) is 0.222. The van der Waals surface area contributed by atoms with Crippen LogP contribution in [0.4, 0.5) is 14.5 Å².